The van der Waals surface area contributed by atoms with Crippen LogP contribution in [0.4, 0.5) is 0 Å². The van der Waals surface area contributed by atoms with Gasteiger partial charge in [-0.1, -0.05) is 33.5 Å². The van der Waals surface area contributed by atoms with Crippen LogP contribution in [0.25, 0.3) is 11.3 Å². The fourth-order valence-electron chi connectivity index (χ4n) is 3.43. The molecule has 0 radical (unpaired) electrons. The molecule has 23 heavy (non-hydrogen) atoms. The van der Waals surface area contributed by atoms with E-state index in [4.69, 9.17) is 4.98 Å². The Balaban J connectivity index is 2.78. The summed E-state index contributed by atoms with van der Waals surface area (Å²) in [5, 5.41) is 1.56. The zero-order valence-corrected chi connectivity index (χ0v) is 17.2. The highest BCUT2D eigenvalue weighted by molar-refractivity contribution is 6.89. The number of hydrogen-bond acceptors (Lipinski definition) is 1. The Bertz CT molecular complexity index is 717. The summed E-state index contributed by atoms with van der Waals surface area (Å²) in [5.74, 6) is 0.538. The first-order valence-electron chi connectivity index (χ1n) is 8.51. The minimum Gasteiger partial charge on any atom is -0.258 e. The van der Waals surface area contributed by atoms with Gasteiger partial charge in [0.15, 0.2) is 6.20 Å². The maximum atomic E-state index is 4.69. The highest BCUT2D eigenvalue weighted by Gasteiger charge is 2.28. The summed E-state index contributed by atoms with van der Waals surface area (Å²) < 4.78 is 2.30. The molecule has 0 aliphatic rings. The van der Waals surface area contributed by atoms with Crippen LogP contribution in [-0.4, -0.2) is 13.1 Å². The summed E-state index contributed by atoms with van der Waals surface area (Å²) in [7, 11) is 0.800. The van der Waals surface area contributed by atoms with E-state index in [1.165, 1.54) is 22.4 Å². The van der Waals surface area contributed by atoms with Crippen molar-refractivity contribution in [2.24, 2.45) is 7.05 Å². The number of nitrogens with zero attached hydrogens (tertiary/aromatic N) is 2. The van der Waals surface area contributed by atoms with Gasteiger partial charge in [0.2, 0.25) is 5.69 Å². The molecule has 2 aromatic heterocycles. The second-order valence-electron chi connectivity index (χ2n) is 8.08. The van der Waals surface area contributed by atoms with Crippen LogP contribution in [0.15, 0.2) is 18.3 Å². The van der Waals surface area contributed by atoms with Crippen molar-refractivity contribution in [1.82, 2.24) is 4.98 Å². The van der Waals surface area contributed by atoms with Gasteiger partial charge in [-0.3, -0.25) is 4.98 Å². The van der Waals surface area contributed by atoms with E-state index in [0.29, 0.717) is 5.92 Å². The highest BCUT2D eigenvalue weighted by atomic mass is 28.3. The zero-order valence-electron chi connectivity index (χ0n) is 16.2. The van der Waals surface area contributed by atoms with Crippen molar-refractivity contribution in [3.05, 3.63) is 40.8 Å². The molecule has 124 valence electrons. The molecule has 2 rings (SSSR count). The molecule has 0 aliphatic heterocycles. The first-order chi connectivity index (χ1) is 10.5. The van der Waals surface area contributed by atoms with E-state index in [1.54, 1.807) is 5.19 Å². The molecule has 2 nitrogen and oxygen atoms in total. The average molecular weight is 328 g/mol. The van der Waals surface area contributed by atoms with Crippen molar-refractivity contribution in [3.8, 4) is 11.3 Å². The molecule has 2 aromatic rings. The molecule has 0 aromatic carbocycles. The normalized spacial score (nSPS) is 12.1. The summed E-state index contributed by atoms with van der Waals surface area (Å²) in [5.41, 5.74) is 7.57. The molecule has 0 N–H and O–H groups in total. The number of hydrogen-bond donors (Lipinski definition) is 0. The van der Waals surface area contributed by atoms with Crippen LogP contribution in [0.1, 0.15) is 42.3 Å². The molecule has 0 saturated carbocycles. The second-order valence-corrected chi connectivity index (χ2v) is 13.1. The van der Waals surface area contributed by atoms with Crippen LogP contribution in [0, 0.1) is 20.8 Å². The van der Waals surface area contributed by atoms with E-state index < -0.39 is 8.07 Å². The van der Waals surface area contributed by atoms with Gasteiger partial charge in [-0.2, -0.15) is 0 Å². The summed E-state index contributed by atoms with van der Waals surface area (Å²) in [4.78, 5) is 4.69. The minimum absolute atomic E-state index is 0.538. The lowest BCUT2D eigenvalue weighted by molar-refractivity contribution is -0.659. The third-order valence-corrected chi connectivity index (χ3v) is 6.55. The standard InChI is InChI=1S/C20H31N2Si/c1-13(2)17-11-18(22(6)12-19(17)23(7,8)9)20-14(3)10-15(4)21-16(20)5/h10-13H,1-9H3/q+1. The molecule has 0 saturated heterocycles. The zero-order chi connectivity index (χ0) is 17.5. The molecule has 0 fully saturated rings. The molecular formula is C20H31N2Si+. The maximum absolute atomic E-state index is 4.69. The highest BCUT2D eigenvalue weighted by Crippen LogP contribution is 2.26. The average Bonchev–Trinajstić information content (AvgIpc) is 2.37. The van der Waals surface area contributed by atoms with Gasteiger partial charge in [-0.25, -0.2) is 4.57 Å². The van der Waals surface area contributed by atoms with Crippen molar-refractivity contribution < 1.29 is 4.57 Å². The summed E-state index contributed by atoms with van der Waals surface area (Å²) in [6.07, 6.45) is 2.37. The van der Waals surface area contributed by atoms with Gasteiger partial charge in [-0.15, -0.1) is 0 Å². The van der Waals surface area contributed by atoms with Gasteiger partial charge in [-0.05, 0) is 43.9 Å². The van der Waals surface area contributed by atoms with Crippen LogP contribution in [0.2, 0.25) is 19.6 Å². The molecule has 0 bridgehead atoms. The van der Waals surface area contributed by atoms with Crippen LogP contribution in [0.3, 0.4) is 0 Å². The van der Waals surface area contributed by atoms with Crippen LogP contribution in [0.5, 0.6) is 0 Å². The van der Waals surface area contributed by atoms with Crippen molar-refractivity contribution in [2.75, 3.05) is 0 Å². The SMILES string of the molecule is Cc1cc(C)c(-c2cc(C(C)C)c([Si](C)(C)C)c[n+]2C)c(C)n1. The topological polar surface area (TPSA) is 16.8 Å². The summed E-state index contributed by atoms with van der Waals surface area (Å²) in [6, 6.07) is 4.59. The predicted molar refractivity (Wildman–Crippen MR) is 102 cm³/mol. The van der Waals surface area contributed by atoms with E-state index in [0.717, 1.165) is 11.4 Å². The Morgan fingerprint density at radius 2 is 1.65 bits per heavy atom. The Hall–Kier alpha value is -1.48. The Morgan fingerprint density at radius 3 is 2.13 bits per heavy atom. The van der Waals surface area contributed by atoms with E-state index >= 15 is 0 Å². The molecule has 0 aliphatic carbocycles. The fraction of sp³-hybridized carbons (Fsp3) is 0.500. The van der Waals surface area contributed by atoms with Crippen LogP contribution < -0.4 is 9.75 Å². The third-order valence-electron chi connectivity index (χ3n) is 4.52. The van der Waals surface area contributed by atoms with Gasteiger partial charge in [0, 0.05) is 16.9 Å². The Morgan fingerprint density at radius 1 is 1.04 bits per heavy atom. The summed E-state index contributed by atoms with van der Waals surface area (Å²) in [6.45, 7) is 18.3. The van der Waals surface area contributed by atoms with E-state index in [9.17, 15) is 0 Å². The van der Waals surface area contributed by atoms with Crippen molar-refractivity contribution in [2.45, 2.75) is 60.2 Å². The smallest absolute Gasteiger partial charge is 0.214 e. The van der Waals surface area contributed by atoms with E-state index in [1.807, 2.05) is 0 Å². The lowest BCUT2D eigenvalue weighted by Crippen LogP contribution is -2.47. The van der Waals surface area contributed by atoms with Gasteiger partial charge in [0.25, 0.3) is 0 Å². The number of aromatic nitrogens is 2. The lowest BCUT2D eigenvalue weighted by atomic mass is 9.98. The van der Waals surface area contributed by atoms with Crippen molar-refractivity contribution in [3.63, 3.8) is 0 Å². The van der Waals surface area contributed by atoms with Crippen molar-refractivity contribution >= 4 is 13.3 Å². The van der Waals surface area contributed by atoms with Crippen LogP contribution >= 0.6 is 0 Å². The van der Waals surface area contributed by atoms with Gasteiger partial charge in [0.05, 0.1) is 19.3 Å². The van der Waals surface area contributed by atoms with E-state index in [-0.39, 0.29) is 0 Å². The molecular weight excluding hydrogens is 296 g/mol. The van der Waals surface area contributed by atoms with Gasteiger partial charge >= 0.3 is 0 Å². The van der Waals surface area contributed by atoms with E-state index in [2.05, 4.69) is 84.2 Å². The Labute approximate surface area is 142 Å². The quantitative estimate of drug-likeness (QED) is 0.611. The largest absolute Gasteiger partial charge is 0.258 e. The van der Waals surface area contributed by atoms with Gasteiger partial charge < -0.3 is 0 Å². The second kappa shape index (κ2) is 6.20. The lowest BCUT2D eigenvalue weighted by Gasteiger charge is -2.22. The molecule has 3 heteroatoms. The molecule has 0 amide bonds. The number of aryl methyl sites for hydroxylation is 4. The minimum atomic E-state index is -1.37. The molecule has 2 heterocycles. The third kappa shape index (κ3) is 3.55. The number of pyridine rings is 2. The first-order valence-corrected chi connectivity index (χ1v) is 12.0. The molecule has 0 atom stereocenters. The molecule has 0 spiro atoms. The first kappa shape index (κ1) is 17.9. The summed E-state index contributed by atoms with van der Waals surface area (Å²) >= 11 is 0. The predicted octanol–water partition coefficient (Wildman–Crippen LogP) is 4.17. The molecule has 0 unspecified atom stereocenters. The number of rotatable bonds is 3. The fourth-order valence-corrected chi connectivity index (χ4v) is 5.24. The van der Waals surface area contributed by atoms with Crippen molar-refractivity contribution in [1.29, 1.82) is 0 Å². The monoisotopic (exact) mass is 327 g/mol. The Kier molecular flexibility index (Phi) is 4.81. The van der Waals surface area contributed by atoms with Gasteiger partial charge in [0.1, 0.15) is 7.05 Å². The maximum Gasteiger partial charge on any atom is 0.214 e. The van der Waals surface area contributed by atoms with Crippen LogP contribution in [-0.2, 0) is 7.05 Å².